The minimum absolute atomic E-state index is 0. The molecule has 1 atom stereocenters. The highest BCUT2D eigenvalue weighted by atomic mass is 35.5. The number of hydrogen-bond acceptors (Lipinski definition) is 2. The van der Waals surface area contributed by atoms with Gasteiger partial charge in [-0.05, 0) is 18.4 Å². The Labute approximate surface area is 127 Å². The molecule has 1 aromatic rings. The van der Waals surface area contributed by atoms with Gasteiger partial charge >= 0.3 is 0 Å². The average Bonchev–Trinajstić information content (AvgIpc) is 2.48. The summed E-state index contributed by atoms with van der Waals surface area (Å²) in [6.45, 7) is 2.29. The van der Waals surface area contributed by atoms with Gasteiger partial charge in [0.25, 0.3) is 0 Å². The van der Waals surface area contributed by atoms with E-state index in [1.54, 1.807) is 0 Å². The molecule has 1 fully saturated rings. The normalized spacial score (nSPS) is 18.7. The third kappa shape index (κ3) is 3.74. The average molecular weight is 297 g/mol. The molecule has 1 unspecified atom stereocenters. The Kier molecular flexibility index (Phi) is 6.50. The SMILES string of the molecule is CC(CN)C(=O)NC1(c2ccccc2)CCCCC1.Cl. The van der Waals surface area contributed by atoms with Crippen LogP contribution >= 0.6 is 12.4 Å². The monoisotopic (exact) mass is 296 g/mol. The lowest BCUT2D eigenvalue weighted by Gasteiger charge is -2.39. The van der Waals surface area contributed by atoms with E-state index < -0.39 is 0 Å². The van der Waals surface area contributed by atoms with E-state index in [-0.39, 0.29) is 29.8 Å². The van der Waals surface area contributed by atoms with Gasteiger partial charge in [0.1, 0.15) is 0 Å². The summed E-state index contributed by atoms with van der Waals surface area (Å²) in [5.74, 6) is -0.0456. The molecular weight excluding hydrogens is 272 g/mol. The number of halogens is 1. The van der Waals surface area contributed by atoms with Crippen LogP contribution in [0.5, 0.6) is 0 Å². The summed E-state index contributed by atoms with van der Waals surface area (Å²) < 4.78 is 0. The predicted molar refractivity (Wildman–Crippen MR) is 84.8 cm³/mol. The summed E-state index contributed by atoms with van der Waals surface area (Å²) in [5.41, 5.74) is 6.65. The molecule has 112 valence electrons. The van der Waals surface area contributed by atoms with Crippen molar-refractivity contribution in [2.24, 2.45) is 11.7 Å². The number of benzene rings is 1. The van der Waals surface area contributed by atoms with Crippen LogP contribution in [0, 0.1) is 5.92 Å². The molecular formula is C16H25ClN2O. The zero-order chi connectivity index (χ0) is 13.7. The summed E-state index contributed by atoms with van der Waals surface area (Å²) in [6, 6.07) is 10.4. The van der Waals surface area contributed by atoms with Crippen molar-refractivity contribution in [2.75, 3.05) is 6.54 Å². The van der Waals surface area contributed by atoms with Crippen molar-refractivity contribution in [1.29, 1.82) is 0 Å². The van der Waals surface area contributed by atoms with Crippen molar-refractivity contribution in [1.82, 2.24) is 5.32 Å². The van der Waals surface area contributed by atoms with Gasteiger partial charge in [-0.1, -0.05) is 56.5 Å². The zero-order valence-corrected chi connectivity index (χ0v) is 12.9. The lowest BCUT2D eigenvalue weighted by molar-refractivity contribution is -0.126. The van der Waals surface area contributed by atoms with E-state index >= 15 is 0 Å². The molecule has 3 N–H and O–H groups in total. The number of amides is 1. The number of nitrogens with one attached hydrogen (secondary N) is 1. The van der Waals surface area contributed by atoms with Gasteiger partial charge in [0.2, 0.25) is 5.91 Å². The van der Waals surface area contributed by atoms with Crippen LogP contribution in [-0.2, 0) is 10.3 Å². The molecule has 1 aromatic carbocycles. The second-order valence-corrected chi connectivity index (χ2v) is 5.63. The van der Waals surface area contributed by atoms with E-state index in [0.29, 0.717) is 6.54 Å². The Hall–Kier alpha value is -1.06. The van der Waals surface area contributed by atoms with Crippen LogP contribution in [-0.4, -0.2) is 12.5 Å². The lowest BCUT2D eigenvalue weighted by atomic mass is 9.76. The van der Waals surface area contributed by atoms with E-state index in [0.717, 1.165) is 12.8 Å². The van der Waals surface area contributed by atoms with Gasteiger partial charge in [0.05, 0.1) is 5.54 Å². The summed E-state index contributed by atoms with van der Waals surface area (Å²) in [7, 11) is 0. The highest BCUT2D eigenvalue weighted by Crippen LogP contribution is 2.37. The van der Waals surface area contributed by atoms with Gasteiger partial charge in [0.15, 0.2) is 0 Å². The largest absolute Gasteiger partial charge is 0.346 e. The Morgan fingerprint density at radius 2 is 1.85 bits per heavy atom. The van der Waals surface area contributed by atoms with Crippen molar-refractivity contribution < 1.29 is 4.79 Å². The van der Waals surface area contributed by atoms with Crippen molar-refractivity contribution in [3.63, 3.8) is 0 Å². The minimum Gasteiger partial charge on any atom is -0.346 e. The van der Waals surface area contributed by atoms with Crippen LogP contribution in [0.1, 0.15) is 44.6 Å². The van der Waals surface area contributed by atoms with E-state index in [2.05, 4.69) is 17.4 Å². The molecule has 0 spiro atoms. The third-order valence-electron chi connectivity index (χ3n) is 4.20. The fourth-order valence-corrected chi connectivity index (χ4v) is 2.86. The van der Waals surface area contributed by atoms with Gasteiger partial charge in [-0.25, -0.2) is 0 Å². The van der Waals surface area contributed by atoms with Gasteiger partial charge < -0.3 is 11.1 Å². The van der Waals surface area contributed by atoms with Gasteiger partial charge in [0, 0.05) is 12.5 Å². The highest BCUT2D eigenvalue weighted by Gasteiger charge is 2.35. The first kappa shape index (κ1) is 17.0. The number of carbonyl (C=O) groups is 1. The first-order valence-electron chi connectivity index (χ1n) is 7.25. The molecule has 0 heterocycles. The van der Waals surface area contributed by atoms with E-state index in [4.69, 9.17) is 5.73 Å². The fraction of sp³-hybridized carbons (Fsp3) is 0.562. The predicted octanol–water partition coefficient (Wildman–Crippen LogP) is 2.98. The second-order valence-electron chi connectivity index (χ2n) is 5.63. The van der Waals surface area contributed by atoms with Gasteiger partial charge in [-0.3, -0.25) is 4.79 Å². The highest BCUT2D eigenvalue weighted by molar-refractivity contribution is 5.85. The first-order chi connectivity index (χ1) is 9.18. The Bertz CT molecular complexity index is 416. The number of rotatable bonds is 4. The second kappa shape index (κ2) is 7.65. The Morgan fingerprint density at radius 3 is 2.40 bits per heavy atom. The molecule has 20 heavy (non-hydrogen) atoms. The standard InChI is InChI=1S/C16H24N2O.ClH/c1-13(12-17)15(19)18-16(10-6-3-7-11-16)14-8-4-2-5-9-14;/h2,4-5,8-9,13H,3,6-7,10-12,17H2,1H3,(H,18,19);1H. The molecule has 0 bridgehead atoms. The third-order valence-corrected chi connectivity index (χ3v) is 4.20. The van der Waals surface area contributed by atoms with Crippen molar-refractivity contribution in [3.8, 4) is 0 Å². The van der Waals surface area contributed by atoms with Crippen LogP contribution in [0.4, 0.5) is 0 Å². The lowest BCUT2D eigenvalue weighted by Crippen LogP contribution is -2.49. The van der Waals surface area contributed by atoms with Crippen molar-refractivity contribution >= 4 is 18.3 Å². The molecule has 2 rings (SSSR count). The van der Waals surface area contributed by atoms with Crippen LogP contribution < -0.4 is 11.1 Å². The topological polar surface area (TPSA) is 55.1 Å². The molecule has 3 nitrogen and oxygen atoms in total. The maximum Gasteiger partial charge on any atom is 0.224 e. The molecule has 4 heteroatoms. The van der Waals surface area contributed by atoms with E-state index in [1.165, 1.54) is 24.8 Å². The van der Waals surface area contributed by atoms with Crippen molar-refractivity contribution in [2.45, 2.75) is 44.6 Å². The van der Waals surface area contributed by atoms with Crippen LogP contribution in [0.25, 0.3) is 0 Å². The molecule has 1 saturated carbocycles. The molecule has 0 saturated heterocycles. The summed E-state index contributed by atoms with van der Waals surface area (Å²) >= 11 is 0. The van der Waals surface area contributed by atoms with E-state index in [9.17, 15) is 4.79 Å². The maximum absolute atomic E-state index is 12.2. The summed E-state index contributed by atoms with van der Waals surface area (Å²) in [4.78, 5) is 12.2. The van der Waals surface area contributed by atoms with Crippen molar-refractivity contribution in [3.05, 3.63) is 35.9 Å². The van der Waals surface area contributed by atoms with Crippen LogP contribution in [0.15, 0.2) is 30.3 Å². The fourth-order valence-electron chi connectivity index (χ4n) is 2.86. The number of nitrogens with two attached hydrogens (primary N) is 1. The van der Waals surface area contributed by atoms with Crippen LogP contribution in [0.2, 0.25) is 0 Å². The summed E-state index contributed by atoms with van der Waals surface area (Å²) in [6.07, 6.45) is 5.66. The number of carbonyl (C=O) groups excluding carboxylic acids is 1. The quantitative estimate of drug-likeness (QED) is 0.897. The van der Waals surface area contributed by atoms with Gasteiger partial charge in [-0.15, -0.1) is 12.4 Å². The molecule has 0 aromatic heterocycles. The molecule has 1 aliphatic rings. The molecule has 0 aliphatic heterocycles. The zero-order valence-electron chi connectivity index (χ0n) is 12.1. The van der Waals surface area contributed by atoms with E-state index in [1.807, 2.05) is 25.1 Å². The summed E-state index contributed by atoms with van der Waals surface area (Å²) in [5, 5.41) is 3.28. The Morgan fingerprint density at radius 1 is 1.25 bits per heavy atom. The minimum atomic E-state index is -0.181. The van der Waals surface area contributed by atoms with Gasteiger partial charge in [-0.2, -0.15) is 0 Å². The smallest absolute Gasteiger partial charge is 0.224 e. The first-order valence-corrected chi connectivity index (χ1v) is 7.25. The number of hydrogen-bond donors (Lipinski definition) is 2. The Balaban J connectivity index is 0.00000200. The van der Waals surface area contributed by atoms with Crippen LogP contribution in [0.3, 0.4) is 0 Å². The molecule has 1 aliphatic carbocycles. The molecule has 0 radical (unpaired) electrons. The molecule has 1 amide bonds. The maximum atomic E-state index is 12.2.